The van der Waals surface area contributed by atoms with Crippen molar-refractivity contribution in [2.24, 2.45) is 0 Å². The van der Waals surface area contributed by atoms with Gasteiger partial charge in [0.05, 0.1) is 18.5 Å². The molecule has 1 N–H and O–H groups in total. The number of hydrogen-bond acceptors (Lipinski definition) is 5. The fourth-order valence-electron chi connectivity index (χ4n) is 3.88. The summed E-state index contributed by atoms with van der Waals surface area (Å²) >= 11 is 0. The molecule has 8 heteroatoms. The molecule has 2 aromatic rings. The lowest BCUT2D eigenvalue weighted by atomic mass is 9.86. The summed E-state index contributed by atoms with van der Waals surface area (Å²) in [6.45, 7) is 12.6. The first kappa shape index (κ1) is 24.9. The number of amides is 1. The van der Waals surface area contributed by atoms with E-state index in [4.69, 9.17) is 4.74 Å². The first-order chi connectivity index (χ1) is 15.4. The van der Waals surface area contributed by atoms with Gasteiger partial charge in [0.2, 0.25) is 10.0 Å². The lowest BCUT2D eigenvalue weighted by Gasteiger charge is -2.35. The zero-order valence-corrected chi connectivity index (χ0v) is 21.2. The molecule has 1 heterocycles. The van der Waals surface area contributed by atoms with E-state index in [0.717, 1.165) is 36.2 Å². The van der Waals surface area contributed by atoms with E-state index < -0.39 is 16.1 Å². The van der Waals surface area contributed by atoms with Gasteiger partial charge in [-0.1, -0.05) is 39.0 Å². The van der Waals surface area contributed by atoms with E-state index >= 15 is 0 Å². The molecule has 0 saturated carbocycles. The van der Waals surface area contributed by atoms with Crippen molar-refractivity contribution in [2.75, 3.05) is 35.1 Å². The predicted molar refractivity (Wildman–Crippen MR) is 134 cm³/mol. The fraction of sp³-hybridized carbons (Fsp3) is 0.480. The van der Waals surface area contributed by atoms with Gasteiger partial charge in [0, 0.05) is 25.3 Å². The molecule has 0 aromatic heterocycles. The number of nitrogens with zero attached hydrogens (tertiary/aromatic N) is 2. The number of rotatable bonds is 7. The Morgan fingerprint density at radius 1 is 1.12 bits per heavy atom. The number of carbonyl (C=O) groups excluding carboxylic acids is 1. The Balaban J connectivity index is 1.74. The minimum Gasteiger partial charge on any atom is -0.476 e. The standard InChI is InChI=1S/C25H35N3O4S/c1-7-27(8-2)20-12-9-18(10-13-20)16-26-24(29)23-17-28(33(6,30)31)21-15-19(25(3,4)5)11-14-22(21)32-23/h9-15,23H,7-8,16-17H2,1-6H3,(H,26,29)/t23-/m1/s1. The van der Waals surface area contributed by atoms with Crippen LogP contribution in [0.3, 0.4) is 0 Å². The molecule has 0 radical (unpaired) electrons. The van der Waals surface area contributed by atoms with Crippen LogP contribution in [0.25, 0.3) is 0 Å². The van der Waals surface area contributed by atoms with Gasteiger partial charge in [0.15, 0.2) is 6.10 Å². The zero-order chi connectivity index (χ0) is 24.4. The van der Waals surface area contributed by atoms with Crippen molar-refractivity contribution in [1.82, 2.24) is 5.32 Å². The smallest absolute Gasteiger partial charge is 0.263 e. The summed E-state index contributed by atoms with van der Waals surface area (Å²) in [7, 11) is -3.58. The van der Waals surface area contributed by atoms with Gasteiger partial charge in [-0.15, -0.1) is 0 Å². The quantitative estimate of drug-likeness (QED) is 0.664. The molecule has 1 aliphatic rings. The molecule has 180 valence electrons. The minimum absolute atomic E-state index is 0.0633. The monoisotopic (exact) mass is 473 g/mol. The molecule has 1 amide bonds. The van der Waals surface area contributed by atoms with Crippen molar-refractivity contribution in [3.05, 3.63) is 53.6 Å². The molecule has 0 spiro atoms. The van der Waals surface area contributed by atoms with E-state index in [0.29, 0.717) is 18.0 Å². The molecule has 0 fully saturated rings. The maximum atomic E-state index is 12.9. The summed E-state index contributed by atoms with van der Waals surface area (Å²) in [6.07, 6.45) is 0.223. The average Bonchev–Trinajstić information content (AvgIpc) is 2.76. The summed E-state index contributed by atoms with van der Waals surface area (Å²) in [4.78, 5) is 15.1. The summed E-state index contributed by atoms with van der Waals surface area (Å²) in [6, 6.07) is 13.6. The van der Waals surface area contributed by atoms with Gasteiger partial charge in [-0.2, -0.15) is 0 Å². The summed E-state index contributed by atoms with van der Waals surface area (Å²) in [5.41, 5.74) is 3.43. The lowest BCUT2D eigenvalue weighted by Crippen LogP contribution is -2.50. The molecule has 0 unspecified atom stereocenters. The van der Waals surface area contributed by atoms with Gasteiger partial charge in [-0.05, 0) is 54.7 Å². The number of fused-ring (bicyclic) bond motifs is 1. The van der Waals surface area contributed by atoms with Crippen molar-refractivity contribution in [3.63, 3.8) is 0 Å². The number of benzene rings is 2. The van der Waals surface area contributed by atoms with Crippen molar-refractivity contribution < 1.29 is 17.9 Å². The minimum atomic E-state index is -3.58. The number of hydrogen-bond donors (Lipinski definition) is 1. The van der Waals surface area contributed by atoms with E-state index in [1.807, 2.05) is 36.4 Å². The Hall–Kier alpha value is -2.74. The van der Waals surface area contributed by atoms with Crippen LogP contribution in [-0.4, -0.2) is 46.3 Å². The second kappa shape index (κ2) is 9.63. The number of anilines is 2. The van der Waals surface area contributed by atoms with Gasteiger partial charge >= 0.3 is 0 Å². The van der Waals surface area contributed by atoms with Crippen LogP contribution in [0.15, 0.2) is 42.5 Å². The number of nitrogens with one attached hydrogen (secondary N) is 1. The molecular formula is C25H35N3O4S. The first-order valence-corrected chi connectivity index (χ1v) is 13.2. The number of sulfonamides is 1. The van der Waals surface area contributed by atoms with E-state index in [2.05, 4.69) is 44.8 Å². The van der Waals surface area contributed by atoms with Crippen LogP contribution in [0.4, 0.5) is 11.4 Å². The Bertz CT molecular complexity index is 1090. The SMILES string of the molecule is CCN(CC)c1ccc(CNC(=O)[C@H]2CN(S(C)(=O)=O)c3cc(C(C)(C)C)ccc3O2)cc1. The molecule has 7 nitrogen and oxygen atoms in total. The van der Waals surface area contributed by atoms with Crippen molar-refractivity contribution >= 4 is 27.3 Å². The van der Waals surface area contributed by atoms with E-state index in [-0.39, 0.29) is 17.9 Å². The predicted octanol–water partition coefficient (Wildman–Crippen LogP) is 3.67. The van der Waals surface area contributed by atoms with Crippen LogP contribution in [-0.2, 0) is 26.8 Å². The van der Waals surface area contributed by atoms with E-state index in [1.165, 1.54) is 4.31 Å². The summed E-state index contributed by atoms with van der Waals surface area (Å²) < 4.78 is 32.3. The summed E-state index contributed by atoms with van der Waals surface area (Å²) in [5.74, 6) is 0.0467. The number of carbonyl (C=O) groups is 1. The third-order valence-electron chi connectivity index (χ3n) is 5.92. The maximum Gasteiger partial charge on any atom is 0.263 e. The zero-order valence-electron chi connectivity index (χ0n) is 20.4. The largest absolute Gasteiger partial charge is 0.476 e. The van der Waals surface area contributed by atoms with Crippen LogP contribution in [0.2, 0.25) is 0 Å². The normalized spacial score (nSPS) is 16.1. The molecule has 0 aliphatic carbocycles. The van der Waals surface area contributed by atoms with Crippen molar-refractivity contribution in [2.45, 2.75) is 52.7 Å². The van der Waals surface area contributed by atoms with Gasteiger partial charge in [-0.3, -0.25) is 9.10 Å². The van der Waals surface area contributed by atoms with Crippen molar-refractivity contribution in [3.8, 4) is 5.75 Å². The molecule has 0 saturated heterocycles. The number of ether oxygens (including phenoxy) is 1. The van der Waals surface area contributed by atoms with Gasteiger partial charge in [-0.25, -0.2) is 8.42 Å². The highest BCUT2D eigenvalue weighted by Crippen LogP contribution is 2.38. The molecule has 3 rings (SSSR count). The van der Waals surface area contributed by atoms with Crippen LogP contribution < -0.4 is 19.3 Å². The Kier molecular flexibility index (Phi) is 7.26. The molecule has 1 aliphatic heterocycles. The van der Waals surface area contributed by atoms with Gasteiger partial charge in [0.25, 0.3) is 5.91 Å². The van der Waals surface area contributed by atoms with Crippen molar-refractivity contribution in [1.29, 1.82) is 0 Å². The second-order valence-corrected chi connectivity index (χ2v) is 11.3. The third-order valence-corrected chi connectivity index (χ3v) is 7.07. The highest BCUT2D eigenvalue weighted by atomic mass is 32.2. The highest BCUT2D eigenvalue weighted by molar-refractivity contribution is 7.92. The molecular weight excluding hydrogens is 438 g/mol. The summed E-state index contributed by atoms with van der Waals surface area (Å²) in [5, 5.41) is 2.88. The van der Waals surface area contributed by atoms with E-state index in [9.17, 15) is 13.2 Å². The Morgan fingerprint density at radius 3 is 2.30 bits per heavy atom. The van der Waals surface area contributed by atoms with E-state index in [1.54, 1.807) is 6.07 Å². The highest BCUT2D eigenvalue weighted by Gasteiger charge is 2.35. The van der Waals surface area contributed by atoms with Gasteiger partial charge < -0.3 is 15.0 Å². The molecule has 2 aromatic carbocycles. The Morgan fingerprint density at radius 2 is 1.76 bits per heavy atom. The van der Waals surface area contributed by atoms with Crippen LogP contribution in [0, 0.1) is 0 Å². The average molecular weight is 474 g/mol. The van der Waals surface area contributed by atoms with Gasteiger partial charge in [0.1, 0.15) is 5.75 Å². The third kappa shape index (κ3) is 5.79. The maximum absolute atomic E-state index is 12.9. The topological polar surface area (TPSA) is 79.0 Å². The first-order valence-electron chi connectivity index (χ1n) is 11.3. The molecule has 33 heavy (non-hydrogen) atoms. The molecule has 0 bridgehead atoms. The lowest BCUT2D eigenvalue weighted by molar-refractivity contribution is -0.127. The Labute approximate surface area is 197 Å². The fourth-order valence-corrected chi connectivity index (χ4v) is 4.79. The van der Waals surface area contributed by atoms with Crippen LogP contribution in [0.1, 0.15) is 45.7 Å². The van der Waals surface area contributed by atoms with Crippen LogP contribution in [0.5, 0.6) is 5.75 Å². The van der Waals surface area contributed by atoms with Crippen LogP contribution >= 0.6 is 0 Å². The molecule has 1 atom stereocenters. The second-order valence-electron chi connectivity index (χ2n) is 9.39.